The van der Waals surface area contributed by atoms with Crippen LogP contribution in [0, 0.1) is 18.6 Å². The Labute approximate surface area is 197 Å². The summed E-state index contributed by atoms with van der Waals surface area (Å²) in [7, 11) is -0.887. The van der Waals surface area contributed by atoms with Crippen molar-refractivity contribution in [2.75, 3.05) is 13.7 Å². The molecule has 1 heterocycles. The maximum Gasteiger partial charge on any atom is 0.259 e. The molecule has 8 nitrogen and oxygen atoms in total. The Kier molecular flexibility index (Phi) is 8.37. The van der Waals surface area contributed by atoms with Gasteiger partial charge in [-0.2, -0.15) is 0 Å². The van der Waals surface area contributed by atoms with Crippen LogP contribution in [0.2, 0.25) is 0 Å². The Hall–Kier alpha value is -2.86. The number of ether oxygens (including phenoxy) is 1. The van der Waals surface area contributed by atoms with E-state index in [1.54, 1.807) is 31.7 Å². The number of methoxy groups -OCH3 is 1. The van der Waals surface area contributed by atoms with Crippen LogP contribution < -0.4 is 14.8 Å². The SMILES string of the molecule is COc1cccc(CNCC(O)C(Cc2cc(F)cc(F)c2)NS(=O)(=O)c2cn(C)c(C)n2)c1. The Balaban J connectivity index is 1.76. The summed E-state index contributed by atoms with van der Waals surface area (Å²) in [6, 6.07) is 9.20. The Bertz CT molecular complexity index is 1190. The van der Waals surface area contributed by atoms with Gasteiger partial charge in [-0.3, -0.25) is 0 Å². The van der Waals surface area contributed by atoms with Crippen LogP contribution in [0.15, 0.2) is 53.7 Å². The third kappa shape index (κ3) is 6.83. The average Bonchev–Trinajstić information content (AvgIpc) is 3.12. The lowest BCUT2D eigenvalue weighted by molar-refractivity contribution is 0.134. The van der Waals surface area contributed by atoms with Crippen LogP contribution in [0.25, 0.3) is 0 Å². The van der Waals surface area contributed by atoms with Crippen LogP contribution in [-0.2, 0) is 30.0 Å². The van der Waals surface area contributed by atoms with Crippen molar-refractivity contribution in [2.24, 2.45) is 7.05 Å². The number of aliphatic hydroxyl groups excluding tert-OH is 1. The number of rotatable bonds is 11. The van der Waals surface area contributed by atoms with Gasteiger partial charge in [0.15, 0.2) is 5.03 Å². The summed E-state index contributed by atoms with van der Waals surface area (Å²) in [5, 5.41) is 13.7. The second-order valence-corrected chi connectivity index (χ2v) is 9.66. The molecule has 0 saturated carbocycles. The van der Waals surface area contributed by atoms with Gasteiger partial charge < -0.3 is 19.7 Å². The fraction of sp³-hybridized carbons (Fsp3) is 0.348. The number of sulfonamides is 1. The molecule has 1 aromatic heterocycles. The van der Waals surface area contributed by atoms with E-state index in [1.807, 2.05) is 18.2 Å². The average molecular weight is 495 g/mol. The van der Waals surface area contributed by atoms with E-state index in [0.29, 0.717) is 18.1 Å². The van der Waals surface area contributed by atoms with Crippen molar-refractivity contribution in [3.8, 4) is 5.75 Å². The molecule has 0 aliphatic carbocycles. The molecule has 11 heteroatoms. The summed E-state index contributed by atoms with van der Waals surface area (Å²) in [4.78, 5) is 4.03. The molecule has 0 aliphatic rings. The molecule has 2 unspecified atom stereocenters. The molecule has 0 spiro atoms. The normalized spacial score (nSPS) is 13.6. The zero-order valence-electron chi connectivity index (χ0n) is 19.1. The highest BCUT2D eigenvalue weighted by atomic mass is 32.2. The van der Waals surface area contributed by atoms with Crippen molar-refractivity contribution >= 4 is 10.0 Å². The number of hydrogen-bond acceptors (Lipinski definition) is 6. The number of nitrogens with one attached hydrogen (secondary N) is 2. The quantitative estimate of drug-likeness (QED) is 0.377. The summed E-state index contributed by atoms with van der Waals surface area (Å²) in [5.74, 6) is -0.404. The monoisotopic (exact) mass is 494 g/mol. The second kappa shape index (κ2) is 11.0. The summed E-state index contributed by atoms with van der Waals surface area (Å²) in [5.41, 5.74) is 1.11. The molecule has 3 aromatic rings. The van der Waals surface area contributed by atoms with Crippen molar-refractivity contribution in [1.29, 1.82) is 0 Å². The molecule has 0 saturated heterocycles. The predicted molar refractivity (Wildman–Crippen MR) is 123 cm³/mol. The lowest BCUT2D eigenvalue weighted by Crippen LogP contribution is -2.48. The first-order chi connectivity index (χ1) is 16.1. The van der Waals surface area contributed by atoms with Crippen LogP contribution >= 0.6 is 0 Å². The standard InChI is InChI=1S/C23H28F2N4O4S/c1-15-27-23(14-29(15)2)34(31,32)28-21(10-17-7-18(24)11-19(25)8-17)22(30)13-26-12-16-5-4-6-20(9-16)33-3/h4-9,11,14,21-22,26,28,30H,10,12-13H2,1-3H3. The maximum atomic E-state index is 13.7. The summed E-state index contributed by atoms with van der Waals surface area (Å²) in [6.45, 7) is 2.06. The third-order valence-corrected chi connectivity index (χ3v) is 6.69. The number of benzene rings is 2. The largest absolute Gasteiger partial charge is 0.497 e. The van der Waals surface area contributed by atoms with Gasteiger partial charge in [-0.25, -0.2) is 26.9 Å². The Morgan fingerprint density at radius 1 is 1.15 bits per heavy atom. The lowest BCUT2D eigenvalue weighted by Gasteiger charge is -2.24. The van der Waals surface area contributed by atoms with Crippen LogP contribution in [0.4, 0.5) is 8.78 Å². The minimum atomic E-state index is -4.11. The third-order valence-electron chi connectivity index (χ3n) is 5.33. The zero-order valence-corrected chi connectivity index (χ0v) is 19.9. The van der Waals surface area contributed by atoms with Gasteiger partial charge in [-0.1, -0.05) is 12.1 Å². The van der Waals surface area contributed by atoms with Gasteiger partial charge in [0.05, 0.1) is 19.3 Å². The van der Waals surface area contributed by atoms with Crippen LogP contribution in [0.3, 0.4) is 0 Å². The lowest BCUT2D eigenvalue weighted by atomic mass is 10.0. The van der Waals surface area contributed by atoms with Gasteiger partial charge in [0.2, 0.25) is 0 Å². The van der Waals surface area contributed by atoms with Crippen LogP contribution in [0.5, 0.6) is 5.75 Å². The maximum absolute atomic E-state index is 13.7. The molecule has 2 atom stereocenters. The number of nitrogens with zero attached hydrogens (tertiary/aromatic N) is 2. The molecule has 0 aliphatic heterocycles. The molecule has 3 rings (SSSR count). The zero-order chi connectivity index (χ0) is 24.9. The molecule has 3 N–H and O–H groups in total. The van der Waals surface area contributed by atoms with Gasteiger partial charge >= 0.3 is 0 Å². The minimum absolute atomic E-state index is 0.0173. The fourth-order valence-electron chi connectivity index (χ4n) is 3.44. The van der Waals surface area contributed by atoms with Crippen molar-refractivity contribution in [1.82, 2.24) is 19.6 Å². The first kappa shape index (κ1) is 25.8. The van der Waals surface area contributed by atoms with Crippen molar-refractivity contribution in [3.05, 3.63) is 77.2 Å². The van der Waals surface area contributed by atoms with E-state index in [4.69, 9.17) is 4.74 Å². The van der Waals surface area contributed by atoms with E-state index in [0.717, 1.165) is 23.8 Å². The summed E-state index contributed by atoms with van der Waals surface area (Å²) in [6.07, 6.45) is 0.00247. The minimum Gasteiger partial charge on any atom is -0.497 e. The number of aryl methyl sites for hydroxylation is 2. The molecule has 2 aromatic carbocycles. The fourth-order valence-corrected chi connectivity index (χ4v) is 4.75. The second-order valence-electron chi connectivity index (χ2n) is 8.00. The molecular formula is C23H28F2N4O4S. The molecular weight excluding hydrogens is 466 g/mol. The van der Waals surface area contributed by atoms with E-state index < -0.39 is 33.8 Å². The van der Waals surface area contributed by atoms with Crippen molar-refractivity contribution in [3.63, 3.8) is 0 Å². The van der Waals surface area contributed by atoms with E-state index in [1.165, 1.54) is 6.20 Å². The Morgan fingerprint density at radius 2 is 1.85 bits per heavy atom. The first-order valence-corrected chi connectivity index (χ1v) is 12.0. The number of imidazole rings is 1. The number of aliphatic hydroxyl groups is 1. The van der Waals surface area contributed by atoms with Crippen molar-refractivity contribution in [2.45, 2.75) is 37.1 Å². The molecule has 0 radical (unpaired) electrons. The molecule has 0 bridgehead atoms. The van der Waals surface area contributed by atoms with Gasteiger partial charge in [-0.15, -0.1) is 0 Å². The van der Waals surface area contributed by atoms with Crippen molar-refractivity contribution < 1.29 is 27.0 Å². The molecule has 0 fully saturated rings. The Morgan fingerprint density at radius 3 is 2.47 bits per heavy atom. The summed E-state index contributed by atoms with van der Waals surface area (Å²) >= 11 is 0. The van der Waals surface area contributed by atoms with E-state index in [9.17, 15) is 22.3 Å². The van der Waals surface area contributed by atoms with Gasteiger partial charge in [-0.05, 0) is 48.7 Å². The topological polar surface area (TPSA) is 105 Å². The van der Waals surface area contributed by atoms with Crippen LogP contribution in [-0.4, -0.2) is 48.9 Å². The smallest absolute Gasteiger partial charge is 0.259 e. The van der Waals surface area contributed by atoms with Gasteiger partial charge in [0.25, 0.3) is 10.0 Å². The highest BCUT2D eigenvalue weighted by molar-refractivity contribution is 7.89. The highest BCUT2D eigenvalue weighted by Crippen LogP contribution is 2.16. The number of hydrogen-bond donors (Lipinski definition) is 3. The molecule has 0 amide bonds. The highest BCUT2D eigenvalue weighted by Gasteiger charge is 2.28. The summed E-state index contributed by atoms with van der Waals surface area (Å²) < 4.78 is 62.4. The first-order valence-electron chi connectivity index (χ1n) is 10.6. The van der Waals surface area contributed by atoms with E-state index in [-0.39, 0.29) is 23.6 Å². The predicted octanol–water partition coefficient (Wildman–Crippen LogP) is 2.06. The van der Waals surface area contributed by atoms with Gasteiger partial charge in [0.1, 0.15) is 23.2 Å². The molecule has 184 valence electrons. The molecule has 34 heavy (non-hydrogen) atoms. The van der Waals surface area contributed by atoms with E-state index in [2.05, 4.69) is 15.0 Å². The van der Waals surface area contributed by atoms with Crippen LogP contribution in [0.1, 0.15) is 17.0 Å². The number of halogens is 2. The van der Waals surface area contributed by atoms with E-state index >= 15 is 0 Å². The van der Waals surface area contributed by atoms with Gasteiger partial charge in [0, 0.05) is 32.4 Å². The number of aromatic nitrogens is 2.